The molecule has 3 aromatic rings. The molecule has 0 aliphatic rings. The van der Waals surface area contributed by atoms with Crippen LogP contribution in [0.15, 0.2) is 40.1 Å². The first kappa shape index (κ1) is 21.9. The standard InChI is InChI=1S/C19H18N4O4S3/c1-3-27-17(26)12-6-4-5-7-13(12)20-15(24)10-29-19-23-22-18(30-19)21-16(25)14-8-11(2)9-28-14/h4-9H,3,10H2,1-2H3,(H,20,24)(H,21,22,25). The van der Waals surface area contributed by atoms with Crippen LogP contribution in [0.1, 0.15) is 32.5 Å². The van der Waals surface area contributed by atoms with Gasteiger partial charge >= 0.3 is 5.97 Å². The van der Waals surface area contributed by atoms with Crippen molar-refractivity contribution in [3.63, 3.8) is 0 Å². The highest BCUT2D eigenvalue weighted by Gasteiger charge is 2.16. The third-order valence-corrected chi connectivity index (χ3v) is 6.62. The van der Waals surface area contributed by atoms with E-state index < -0.39 is 5.97 Å². The Kier molecular flexibility index (Phi) is 7.55. The number of anilines is 2. The van der Waals surface area contributed by atoms with Gasteiger partial charge in [0.25, 0.3) is 5.91 Å². The van der Waals surface area contributed by atoms with Gasteiger partial charge < -0.3 is 10.1 Å². The maximum absolute atomic E-state index is 12.3. The Balaban J connectivity index is 1.54. The Bertz CT molecular complexity index is 1060. The SMILES string of the molecule is CCOC(=O)c1ccccc1NC(=O)CSc1nnc(NC(=O)c2cc(C)cs2)s1. The minimum Gasteiger partial charge on any atom is -0.462 e. The quantitative estimate of drug-likeness (QED) is 0.295. The zero-order valence-electron chi connectivity index (χ0n) is 16.1. The lowest BCUT2D eigenvalue weighted by Gasteiger charge is -2.09. The molecule has 0 bridgehead atoms. The number of nitrogens with zero attached hydrogens (tertiary/aromatic N) is 2. The number of para-hydroxylation sites is 1. The number of carbonyl (C=O) groups is 3. The fourth-order valence-electron chi connectivity index (χ4n) is 2.32. The summed E-state index contributed by atoms with van der Waals surface area (Å²) < 4.78 is 5.54. The Hall–Kier alpha value is -2.76. The minimum atomic E-state index is -0.494. The van der Waals surface area contributed by atoms with Gasteiger partial charge in [0.2, 0.25) is 11.0 Å². The predicted molar refractivity (Wildman–Crippen MR) is 119 cm³/mol. The summed E-state index contributed by atoms with van der Waals surface area (Å²) in [5.41, 5.74) is 1.70. The van der Waals surface area contributed by atoms with Crippen molar-refractivity contribution >= 4 is 63.0 Å². The van der Waals surface area contributed by atoms with E-state index in [2.05, 4.69) is 20.8 Å². The maximum Gasteiger partial charge on any atom is 0.340 e. The molecule has 2 heterocycles. The largest absolute Gasteiger partial charge is 0.462 e. The molecular formula is C19H18N4O4S3. The van der Waals surface area contributed by atoms with Gasteiger partial charge in [0.15, 0.2) is 4.34 Å². The zero-order chi connectivity index (χ0) is 21.5. The lowest BCUT2D eigenvalue weighted by molar-refractivity contribution is -0.113. The van der Waals surface area contributed by atoms with Gasteiger partial charge in [-0.15, -0.1) is 21.5 Å². The molecule has 0 spiro atoms. The number of hydrogen-bond acceptors (Lipinski definition) is 9. The molecule has 2 aromatic heterocycles. The molecule has 2 N–H and O–H groups in total. The first-order valence-corrected chi connectivity index (χ1v) is 11.5. The van der Waals surface area contributed by atoms with Gasteiger partial charge in [-0.05, 0) is 43.0 Å². The van der Waals surface area contributed by atoms with E-state index in [4.69, 9.17) is 4.74 Å². The number of ether oxygens (including phenoxy) is 1. The van der Waals surface area contributed by atoms with Crippen molar-refractivity contribution < 1.29 is 19.1 Å². The smallest absolute Gasteiger partial charge is 0.340 e. The van der Waals surface area contributed by atoms with E-state index in [0.717, 1.165) is 5.56 Å². The van der Waals surface area contributed by atoms with Gasteiger partial charge in [0.1, 0.15) is 0 Å². The van der Waals surface area contributed by atoms with E-state index in [1.54, 1.807) is 37.3 Å². The molecule has 3 rings (SSSR count). The molecule has 0 aliphatic carbocycles. The van der Waals surface area contributed by atoms with Crippen molar-refractivity contribution in [1.29, 1.82) is 0 Å². The summed E-state index contributed by atoms with van der Waals surface area (Å²) in [6, 6.07) is 8.45. The van der Waals surface area contributed by atoms with Gasteiger partial charge in [-0.2, -0.15) is 0 Å². The molecule has 0 aliphatic heterocycles. The lowest BCUT2D eigenvalue weighted by atomic mass is 10.2. The summed E-state index contributed by atoms with van der Waals surface area (Å²) in [5.74, 6) is -0.962. The molecule has 30 heavy (non-hydrogen) atoms. The number of benzene rings is 1. The second-order valence-electron chi connectivity index (χ2n) is 5.92. The van der Waals surface area contributed by atoms with E-state index >= 15 is 0 Å². The van der Waals surface area contributed by atoms with Gasteiger partial charge in [-0.3, -0.25) is 14.9 Å². The molecule has 2 amide bonds. The number of thioether (sulfide) groups is 1. The Morgan fingerprint density at radius 3 is 2.70 bits per heavy atom. The van der Waals surface area contributed by atoms with Crippen LogP contribution < -0.4 is 10.6 Å². The molecule has 156 valence electrons. The van der Waals surface area contributed by atoms with Crippen LogP contribution in [-0.4, -0.2) is 40.3 Å². The van der Waals surface area contributed by atoms with Gasteiger partial charge in [-0.25, -0.2) is 4.79 Å². The summed E-state index contributed by atoms with van der Waals surface area (Å²) in [6.07, 6.45) is 0. The number of aromatic nitrogens is 2. The third-order valence-electron chi connectivity index (χ3n) is 3.60. The van der Waals surface area contributed by atoms with E-state index in [1.165, 1.54) is 34.4 Å². The number of aryl methyl sites for hydroxylation is 1. The van der Waals surface area contributed by atoms with Crippen LogP contribution in [0.2, 0.25) is 0 Å². The number of thiophene rings is 1. The van der Waals surface area contributed by atoms with Crippen LogP contribution >= 0.6 is 34.4 Å². The summed E-state index contributed by atoms with van der Waals surface area (Å²) in [5, 5.41) is 15.6. The fraction of sp³-hybridized carbons (Fsp3) is 0.211. The Labute approximate surface area is 185 Å². The molecule has 0 unspecified atom stereocenters. The number of esters is 1. The van der Waals surface area contributed by atoms with Crippen molar-refractivity contribution in [2.24, 2.45) is 0 Å². The van der Waals surface area contributed by atoms with Crippen LogP contribution in [0.3, 0.4) is 0 Å². The highest BCUT2D eigenvalue weighted by atomic mass is 32.2. The minimum absolute atomic E-state index is 0.0733. The van der Waals surface area contributed by atoms with E-state index in [1.807, 2.05) is 12.3 Å². The normalized spacial score (nSPS) is 10.5. The fourth-order valence-corrected chi connectivity index (χ4v) is 4.66. The third kappa shape index (κ3) is 5.88. The van der Waals surface area contributed by atoms with Crippen molar-refractivity contribution in [1.82, 2.24) is 10.2 Å². The van der Waals surface area contributed by atoms with Gasteiger partial charge in [-0.1, -0.05) is 35.2 Å². The predicted octanol–water partition coefficient (Wildman–Crippen LogP) is 4.07. The van der Waals surface area contributed by atoms with Crippen molar-refractivity contribution in [2.75, 3.05) is 23.0 Å². The van der Waals surface area contributed by atoms with E-state index in [-0.39, 0.29) is 24.2 Å². The van der Waals surface area contributed by atoms with Gasteiger partial charge in [0.05, 0.1) is 28.5 Å². The molecule has 11 heteroatoms. The Morgan fingerprint density at radius 1 is 1.17 bits per heavy atom. The van der Waals surface area contributed by atoms with Crippen molar-refractivity contribution in [3.05, 3.63) is 51.7 Å². The van der Waals surface area contributed by atoms with Crippen molar-refractivity contribution in [3.8, 4) is 0 Å². The van der Waals surface area contributed by atoms with Crippen LogP contribution in [0.25, 0.3) is 0 Å². The average Bonchev–Trinajstić information content (AvgIpc) is 3.36. The molecule has 0 saturated carbocycles. The molecule has 1 aromatic carbocycles. The summed E-state index contributed by atoms with van der Waals surface area (Å²) in [4.78, 5) is 37.0. The molecule has 0 atom stereocenters. The second kappa shape index (κ2) is 10.3. The van der Waals surface area contributed by atoms with E-state index in [0.29, 0.717) is 25.6 Å². The molecule has 0 radical (unpaired) electrons. The lowest BCUT2D eigenvalue weighted by Crippen LogP contribution is -2.17. The highest BCUT2D eigenvalue weighted by Crippen LogP contribution is 2.27. The number of amides is 2. The molecular weight excluding hydrogens is 444 g/mol. The first-order chi connectivity index (χ1) is 14.5. The maximum atomic E-state index is 12.3. The zero-order valence-corrected chi connectivity index (χ0v) is 18.6. The monoisotopic (exact) mass is 462 g/mol. The molecule has 0 saturated heterocycles. The first-order valence-electron chi connectivity index (χ1n) is 8.85. The van der Waals surface area contributed by atoms with Crippen LogP contribution in [0.5, 0.6) is 0 Å². The van der Waals surface area contributed by atoms with E-state index in [9.17, 15) is 14.4 Å². The van der Waals surface area contributed by atoms with Crippen molar-refractivity contribution in [2.45, 2.75) is 18.2 Å². The summed E-state index contributed by atoms with van der Waals surface area (Å²) in [6.45, 7) is 3.89. The summed E-state index contributed by atoms with van der Waals surface area (Å²) >= 11 is 3.73. The van der Waals surface area contributed by atoms with Crippen LogP contribution in [0, 0.1) is 6.92 Å². The average molecular weight is 463 g/mol. The highest BCUT2D eigenvalue weighted by molar-refractivity contribution is 8.01. The molecule has 8 nitrogen and oxygen atoms in total. The molecule has 0 fully saturated rings. The second-order valence-corrected chi connectivity index (χ2v) is 9.03. The Morgan fingerprint density at radius 2 is 1.97 bits per heavy atom. The van der Waals surface area contributed by atoms with Gasteiger partial charge in [0, 0.05) is 0 Å². The van der Waals surface area contributed by atoms with Crippen LogP contribution in [-0.2, 0) is 9.53 Å². The topological polar surface area (TPSA) is 110 Å². The number of hydrogen-bond donors (Lipinski definition) is 2. The number of carbonyl (C=O) groups excluding carboxylic acids is 3. The van der Waals surface area contributed by atoms with Crippen LogP contribution in [0.4, 0.5) is 10.8 Å². The number of rotatable bonds is 8. The number of nitrogens with one attached hydrogen (secondary N) is 2. The summed E-state index contributed by atoms with van der Waals surface area (Å²) in [7, 11) is 0.